The number of ether oxygens (including phenoxy) is 2. The Bertz CT molecular complexity index is 1380. The summed E-state index contributed by atoms with van der Waals surface area (Å²) in [4.78, 5) is 27.6. The highest BCUT2D eigenvalue weighted by Crippen LogP contribution is 2.39. The molecule has 5 rings (SSSR count). The van der Waals surface area contributed by atoms with Gasteiger partial charge in [-0.2, -0.15) is 0 Å². The molecule has 1 aliphatic rings. The van der Waals surface area contributed by atoms with Crippen LogP contribution >= 0.6 is 0 Å². The Morgan fingerprint density at radius 3 is 1.32 bits per heavy atom. The number of hydrogen-bond acceptors (Lipinski definition) is 6. The fraction of sp³-hybridized carbons (Fsp3) is 0.235. The van der Waals surface area contributed by atoms with E-state index < -0.39 is 0 Å². The minimum atomic E-state index is -0.185. The monoisotopic (exact) mass is 534 g/mol. The molecule has 2 N–H and O–H groups in total. The average molecular weight is 535 g/mol. The molecule has 0 amide bonds. The van der Waals surface area contributed by atoms with Crippen molar-refractivity contribution in [3.63, 3.8) is 0 Å². The van der Waals surface area contributed by atoms with Gasteiger partial charge in [-0.3, -0.25) is 9.59 Å². The summed E-state index contributed by atoms with van der Waals surface area (Å²) in [5, 5.41) is 6.72. The topological polar surface area (TPSA) is 76.7 Å². The second-order valence-corrected chi connectivity index (χ2v) is 9.82. The molecule has 0 bridgehead atoms. The number of ketones is 2. The molecule has 0 unspecified atom stereocenters. The van der Waals surface area contributed by atoms with Crippen molar-refractivity contribution >= 4 is 34.3 Å². The highest BCUT2D eigenvalue weighted by molar-refractivity contribution is 6.32. The van der Waals surface area contributed by atoms with Gasteiger partial charge in [-0.1, -0.05) is 51.0 Å². The number of fused-ring (bicyclic) bond motifs is 2. The molecular weight excluding hydrogens is 500 g/mol. The highest BCUT2D eigenvalue weighted by atomic mass is 16.5. The molecule has 0 aliphatic heterocycles. The van der Waals surface area contributed by atoms with Gasteiger partial charge in [0.1, 0.15) is 11.5 Å². The summed E-state index contributed by atoms with van der Waals surface area (Å²) in [7, 11) is 0. The van der Waals surface area contributed by atoms with E-state index in [1.165, 1.54) is 0 Å². The van der Waals surface area contributed by atoms with Crippen LogP contribution < -0.4 is 20.1 Å². The Balaban J connectivity index is 1.46. The number of carbonyl (C=O) groups excluding carboxylic acids is 2. The number of rotatable bonds is 12. The van der Waals surface area contributed by atoms with Crippen LogP contribution in [0.2, 0.25) is 0 Å². The first-order valence-electron chi connectivity index (χ1n) is 13.9. The molecule has 0 radical (unpaired) electrons. The van der Waals surface area contributed by atoms with Gasteiger partial charge in [-0.25, -0.2) is 0 Å². The summed E-state index contributed by atoms with van der Waals surface area (Å²) in [6.07, 6.45) is 4.15. The number of benzene rings is 4. The third kappa shape index (κ3) is 5.86. The predicted octanol–water partition coefficient (Wildman–Crippen LogP) is 8.31. The lowest BCUT2D eigenvalue weighted by molar-refractivity contribution is 0.0980. The van der Waals surface area contributed by atoms with Crippen LogP contribution in [0.5, 0.6) is 11.5 Å². The normalized spacial score (nSPS) is 11.9. The lowest BCUT2D eigenvalue weighted by atomic mass is 9.82. The molecule has 0 atom stereocenters. The number of hydrogen-bond donors (Lipinski definition) is 2. The molecule has 6 heteroatoms. The molecular formula is C34H34N2O4. The van der Waals surface area contributed by atoms with Crippen LogP contribution in [0.25, 0.3) is 0 Å². The summed E-state index contributed by atoms with van der Waals surface area (Å²) in [6, 6.07) is 25.9. The molecule has 6 nitrogen and oxygen atoms in total. The molecule has 204 valence electrons. The quantitative estimate of drug-likeness (QED) is 0.157. The van der Waals surface area contributed by atoms with E-state index in [1.807, 2.05) is 60.7 Å². The van der Waals surface area contributed by atoms with Gasteiger partial charge in [0.25, 0.3) is 0 Å². The van der Waals surface area contributed by atoms with Crippen LogP contribution in [-0.2, 0) is 0 Å². The lowest BCUT2D eigenvalue weighted by Crippen LogP contribution is -2.23. The summed E-state index contributed by atoms with van der Waals surface area (Å²) >= 11 is 0. The van der Waals surface area contributed by atoms with Gasteiger partial charge in [0.05, 0.1) is 35.7 Å². The van der Waals surface area contributed by atoms with Gasteiger partial charge in [0, 0.05) is 22.5 Å². The van der Waals surface area contributed by atoms with E-state index >= 15 is 0 Å². The van der Waals surface area contributed by atoms with Crippen LogP contribution in [0.4, 0.5) is 22.7 Å². The van der Waals surface area contributed by atoms with E-state index in [4.69, 9.17) is 9.47 Å². The lowest BCUT2D eigenvalue weighted by Gasteiger charge is -2.24. The Morgan fingerprint density at radius 2 is 0.950 bits per heavy atom. The first kappa shape index (κ1) is 27.0. The molecule has 40 heavy (non-hydrogen) atoms. The van der Waals surface area contributed by atoms with Gasteiger partial charge in [-0.05, 0) is 73.5 Å². The van der Waals surface area contributed by atoms with E-state index in [2.05, 4.69) is 24.5 Å². The second-order valence-electron chi connectivity index (χ2n) is 9.82. The average Bonchev–Trinajstić information content (AvgIpc) is 2.98. The summed E-state index contributed by atoms with van der Waals surface area (Å²) in [5.74, 6) is 1.22. The molecule has 0 heterocycles. The second kappa shape index (κ2) is 12.5. The van der Waals surface area contributed by atoms with E-state index in [0.29, 0.717) is 46.8 Å². The maximum absolute atomic E-state index is 13.8. The van der Waals surface area contributed by atoms with Gasteiger partial charge < -0.3 is 20.1 Å². The number of carbonyl (C=O) groups is 2. The van der Waals surface area contributed by atoms with Crippen molar-refractivity contribution in [2.75, 3.05) is 23.8 Å². The zero-order valence-electron chi connectivity index (χ0n) is 23.0. The smallest absolute Gasteiger partial charge is 0.196 e. The molecule has 4 aromatic carbocycles. The third-order valence-electron chi connectivity index (χ3n) is 6.88. The Kier molecular flexibility index (Phi) is 8.45. The van der Waals surface area contributed by atoms with Gasteiger partial charge in [0.2, 0.25) is 0 Å². The molecule has 4 aromatic rings. The maximum Gasteiger partial charge on any atom is 0.196 e. The van der Waals surface area contributed by atoms with Crippen molar-refractivity contribution in [3.8, 4) is 11.5 Å². The minimum absolute atomic E-state index is 0.185. The largest absolute Gasteiger partial charge is 0.494 e. The zero-order valence-corrected chi connectivity index (χ0v) is 23.0. The highest BCUT2D eigenvalue weighted by Gasteiger charge is 2.34. The molecule has 0 fully saturated rings. The first-order valence-corrected chi connectivity index (χ1v) is 13.9. The van der Waals surface area contributed by atoms with E-state index in [-0.39, 0.29) is 11.6 Å². The fourth-order valence-corrected chi connectivity index (χ4v) is 4.68. The summed E-state index contributed by atoms with van der Waals surface area (Å²) in [6.45, 7) is 5.61. The van der Waals surface area contributed by atoms with Crippen molar-refractivity contribution < 1.29 is 19.1 Å². The van der Waals surface area contributed by atoms with Gasteiger partial charge in [0.15, 0.2) is 11.6 Å². The summed E-state index contributed by atoms with van der Waals surface area (Å²) < 4.78 is 11.5. The number of nitrogens with one attached hydrogen (secondary N) is 2. The van der Waals surface area contributed by atoms with E-state index in [0.717, 1.165) is 48.6 Å². The predicted molar refractivity (Wildman–Crippen MR) is 160 cm³/mol. The van der Waals surface area contributed by atoms with Crippen molar-refractivity contribution in [2.45, 2.75) is 39.5 Å². The summed E-state index contributed by atoms with van der Waals surface area (Å²) in [5.41, 5.74) is 4.28. The van der Waals surface area contributed by atoms with E-state index in [1.54, 1.807) is 24.3 Å². The molecule has 0 saturated carbocycles. The third-order valence-corrected chi connectivity index (χ3v) is 6.88. The van der Waals surface area contributed by atoms with Crippen LogP contribution in [0, 0.1) is 0 Å². The van der Waals surface area contributed by atoms with Crippen molar-refractivity contribution in [2.24, 2.45) is 0 Å². The van der Waals surface area contributed by atoms with Gasteiger partial charge >= 0.3 is 0 Å². The zero-order chi connectivity index (χ0) is 27.9. The Hall–Kier alpha value is -4.58. The van der Waals surface area contributed by atoms with Crippen molar-refractivity contribution in [3.05, 3.63) is 107 Å². The Labute approximate surface area is 235 Å². The number of unbranched alkanes of at least 4 members (excludes halogenated alkanes) is 2. The molecule has 0 saturated heterocycles. The van der Waals surface area contributed by atoms with Crippen molar-refractivity contribution in [1.82, 2.24) is 0 Å². The first-order chi connectivity index (χ1) is 19.6. The van der Waals surface area contributed by atoms with Crippen LogP contribution in [0.1, 0.15) is 71.4 Å². The Morgan fingerprint density at radius 1 is 0.550 bits per heavy atom. The van der Waals surface area contributed by atoms with Crippen molar-refractivity contribution in [1.29, 1.82) is 0 Å². The standard InChI is InChI=1S/C34H34N2O4/c1-3-5-21-39-25-15-11-23(12-16-25)35-29-19-20-30(36-24-13-17-26(18-14-24)40-22-6-4-2)32-31(29)33(37)27-9-7-8-10-28(27)34(32)38/h7-20,35-36H,3-6,21-22H2,1-2H3. The molecule has 0 aromatic heterocycles. The van der Waals surface area contributed by atoms with E-state index in [9.17, 15) is 9.59 Å². The van der Waals surface area contributed by atoms with Gasteiger partial charge in [-0.15, -0.1) is 0 Å². The minimum Gasteiger partial charge on any atom is -0.494 e. The number of anilines is 4. The van der Waals surface area contributed by atoms with Crippen LogP contribution in [0.3, 0.4) is 0 Å². The molecule has 0 spiro atoms. The maximum atomic E-state index is 13.8. The molecule has 1 aliphatic carbocycles. The van der Waals surface area contributed by atoms with Crippen LogP contribution in [0.15, 0.2) is 84.9 Å². The fourth-order valence-electron chi connectivity index (χ4n) is 4.68. The SMILES string of the molecule is CCCCOc1ccc(Nc2ccc(Nc3ccc(OCCCC)cc3)c3c2C(=O)c2ccccc2C3=O)cc1. The van der Waals surface area contributed by atoms with Crippen LogP contribution in [-0.4, -0.2) is 24.8 Å².